The first-order chi connectivity index (χ1) is 9.11. The van der Waals surface area contributed by atoms with E-state index in [0.29, 0.717) is 23.8 Å². The zero-order valence-corrected chi connectivity index (χ0v) is 11.8. The van der Waals surface area contributed by atoms with Crippen LogP contribution in [0.4, 0.5) is 5.69 Å². The molecule has 4 nitrogen and oxygen atoms in total. The molecular weight excluding hydrogens is 238 g/mol. The Labute approximate surface area is 115 Å². The molecule has 0 bridgehead atoms. The van der Waals surface area contributed by atoms with Crippen LogP contribution in [0.5, 0.6) is 0 Å². The third-order valence-corrected chi connectivity index (χ3v) is 3.86. The maximum Gasteiger partial charge on any atom is 0.253 e. The molecular formula is C15H23N3O. The van der Waals surface area contributed by atoms with Gasteiger partial charge in [-0.25, -0.2) is 0 Å². The Morgan fingerprint density at radius 2 is 2.32 bits per heavy atom. The Morgan fingerprint density at radius 3 is 3.00 bits per heavy atom. The van der Waals surface area contributed by atoms with Crippen LogP contribution in [0.15, 0.2) is 18.2 Å². The lowest BCUT2D eigenvalue weighted by molar-refractivity contribution is 0.0942. The molecule has 1 heterocycles. The molecule has 1 saturated heterocycles. The minimum absolute atomic E-state index is 0.0690. The maximum atomic E-state index is 12.1. The molecule has 3 N–H and O–H groups in total. The van der Waals surface area contributed by atoms with Crippen molar-refractivity contribution in [2.45, 2.75) is 32.7 Å². The highest BCUT2D eigenvalue weighted by Gasteiger charge is 2.23. The first-order valence-electron chi connectivity index (χ1n) is 7.00. The smallest absolute Gasteiger partial charge is 0.253 e. The third kappa shape index (κ3) is 3.26. The second kappa shape index (κ2) is 6.06. The van der Waals surface area contributed by atoms with E-state index >= 15 is 0 Å². The molecule has 0 saturated carbocycles. The number of carbonyl (C=O) groups excluding carboxylic acids is 1. The average molecular weight is 261 g/mol. The van der Waals surface area contributed by atoms with Crippen molar-refractivity contribution in [1.29, 1.82) is 0 Å². The van der Waals surface area contributed by atoms with Crippen LogP contribution in [0.1, 0.15) is 35.7 Å². The molecule has 1 fully saturated rings. The number of aryl methyl sites for hydroxylation is 1. The van der Waals surface area contributed by atoms with E-state index in [-0.39, 0.29) is 5.91 Å². The summed E-state index contributed by atoms with van der Waals surface area (Å²) in [7, 11) is 0. The highest BCUT2D eigenvalue weighted by Crippen LogP contribution is 2.17. The Morgan fingerprint density at radius 1 is 1.53 bits per heavy atom. The second-order valence-corrected chi connectivity index (χ2v) is 5.23. The largest absolute Gasteiger partial charge is 0.398 e. The molecule has 1 aliphatic rings. The SMILES string of the molecule is CCN1CCCC1CNC(=O)c1ccc(C)cc1N. The van der Waals surface area contributed by atoms with Crippen LogP contribution in [0.3, 0.4) is 0 Å². The summed E-state index contributed by atoms with van der Waals surface area (Å²) in [5.74, 6) is -0.0690. The van der Waals surface area contributed by atoms with Crippen LogP contribution in [0, 0.1) is 6.92 Å². The fourth-order valence-corrected chi connectivity index (χ4v) is 2.74. The molecule has 0 aromatic heterocycles. The van der Waals surface area contributed by atoms with Crippen LogP contribution in [-0.4, -0.2) is 36.5 Å². The predicted octanol–water partition coefficient (Wildman–Crippen LogP) is 1.79. The molecule has 1 aliphatic heterocycles. The molecule has 1 aromatic rings. The van der Waals surface area contributed by atoms with Crippen LogP contribution < -0.4 is 11.1 Å². The van der Waals surface area contributed by atoms with E-state index in [0.717, 1.165) is 25.1 Å². The lowest BCUT2D eigenvalue weighted by Gasteiger charge is -2.23. The zero-order valence-electron chi connectivity index (χ0n) is 11.8. The van der Waals surface area contributed by atoms with Crippen molar-refractivity contribution in [1.82, 2.24) is 10.2 Å². The molecule has 104 valence electrons. The minimum Gasteiger partial charge on any atom is -0.398 e. The van der Waals surface area contributed by atoms with Crippen LogP contribution >= 0.6 is 0 Å². The van der Waals surface area contributed by atoms with Gasteiger partial charge in [0.25, 0.3) is 5.91 Å². The Balaban J connectivity index is 1.94. The molecule has 19 heavy (non-hydrogen) atoms. The lowest BCUT2D eigenvalue weighted by Crippen LogP contribution is -2.40. The summed E-state index contributed by atoms with van der Waals surface area (Å²) in [5, 5.41) is 3.00. The minimum atomic E-state index is -0.0690. The van der Waals surface area contributed by atoms with Crippen molar-refractivity contribution in [2.24, 2.45) is 0 Å². The quantitative estimate of drug-likeness (QED) is 0.812. The molecule has 4 heteroatoms. The number of nitrogens with two attached hydrogens (primary N) is 1. The van der Waals surface area contributed by atoms with E-state index in [1.165, 1.54) is 6.42 Å². The number of likely N-dealkylation sites (tertiary alicyclic amines) is 1. The molecule has 1 amide bonds. The number of hydrogen-bond donors (Lipinski definition) is 2. The van der Waals surface area contributed by atoms with Gasteiger partial charge in [-0.1, -0.05) is 13.0 Å². The summed E-state index contributed by atoms with van der Waals surface area (Å²) in [6, 6.07) is 6.02. The van der Waals surface area contributed by atoms with Gasteiger partial charge in [0.1, 0.15) is 0 Å². The summed E-state index contributed by atoms with van der Waals surface area (Å²) in [6.45, 7) is 7.03. The second-order valence-electron chi connectivity index (χ2n) is 5.23. The van der Waals surface area contributed by atoms with Crippen molar-refractivity contribution in [3.8, 4) is 0 Å². The van der Waals surface area contributed by atoms with Gasteiger partial charge in [-0.2, -0.15) is 0 Å². The van der Waals surface area contributed by atoms with Crippen molar-refractivity contribution in [3.05, 3.63) is 29.3 Å². The molecule has 1 aromatic carbocycles. The molecule has 2 rings (SSSR count). The van der Waals surface area contributed by atoms with Gasteiger partial charge in [-0.05, 0) is 50.6 Å². The van der Waals surface area contributed by atoms with Gasteiger partial charge in [-0.3, -0.25) is 9.69 Å². The summed E-state index contributed by atoms with van der Waals surface area (Å²) in [4.78, 5) is 14.5. The highest BCUT2D eigenvalue weighted by atomic mass is 16.1. The normalized spacial score (nSPS) is 19.6. The first-order valence-corrected chi connectivity index (χ1v) is 7.00. The van der Waals surface area contributed by atoms with E-state index in [1.807, 2.05) is 19.1 Å². The summed E-state index contributed by atoms with van der Waals surface area (Å²) in [5.41, 5.74) is 8.09. The van der Waals surface area contributed by atoms with Gasteiger partial charge < -0.3 is 11.1 Å². The number of rotatable bonds is 4. The lowest BCUT2D eigenvalue weighted by atomic mass is 10.1. The van der Waals surface area contributed by atoms with Crippen molar-refractivity contribution >= 4 is 11.6 Å². The molecule has 1 atom stereocenters. The molecule has 0 radical (unpaired) electrons. The molecule has 0 aliphatic carbocycles. The first kappa shape index (κ1) is 13.9. The van der Waals surface area contributed by atoms with Gasteiger partial charge in [0.15, 0.2) is 0 Å². The third-order valence-electron chi connectivity index (χ3n) is 3.86. The Kier molecular flexibility index (Phi) is 4.43. The average Bonchev–Trinajstić information content (AvgIpc) is 2.83. The number of nitrogen functional groups attached to an aromatic ring is 1. The van der Waals surface area contributed by atoms with Crippen LogP contribution in [0.2, 0.25) is 0 Å². The molecule has 0 spiro atoms. The molecule has 1 unspecified atom stereocenters. The van der Waals surface area contributed by atoms with E-state index in [2.05, 4.69) is 17.1 Å². The van der Waals surface area contributed by atoms with Gasteiger partial charge in [0.2, 0.25) is 0 Å². The summed E-state index contributed by atoms with van der Waals surface area (Å²) >= 11 is 0. The standard InChI is InChI=1S/C15H23N3O/c1-3-18-8-4-5-12(18)10-17-15(19)13-7-6-11(2)9-14(13)16/h6-7,9,12H,3-5,8,10,16H2,1-2H3,(H,17,19). The van der Waals surface area contributed by atoms with Crippen molar-refractivity contribution in [2.75, 3.05) is 25.4 Å². The number of anilines is 1. The Bertz CT molecular complexity index is 459. The number of nitrogens with one attached hydrogen (secondary N) is 1. The number of hydrogen-bond acceptors (Lipinski definition) is 3. The maximum absolute atomic E-state index is 12.1. The summed E-state index contributed by atoms with van der Waals surface area (Å²) < 4.78 is 0. The zero-order chi connectivity index (χ0) is 13.8. The van der Waals surface area contributed by atoms with Crippen molar-refractivity contribution < 1.29 is 4.79 Å². The number of nitrogens with zero attached hydrogens (tertiary/aromatic N) is 1. The van der Waals surface area contributed by atoms with Gasteiger partial charge >= 0.3 is 0 Å². The topological polar surface area (TPSA) is 58.4 Å². The predicted molar refractivity (Wildman–Crippen MR) is 78.2 cm³/mol. The van der Waals surface area contributed by atoms with Gasteiger partial charge in [0, 0.05) is 18.3 Å². The monoisotopic (exact) mass is 261 g/mol. The number of benzene rings is 1. The van der Waals surface area contributed by atoms with Crippen LogP contribution in [-0.2, 0) is 0 Å². The van der Waals surface area contributed by atoms with E-state index in [1.54, 1.807) is 6.07 Å². The number of amides is 1. The highest BCUT2D eigenvalue weighted by molar-refractivity contribution is 5.99. The fourth-order valence-electron chi connectivity index (χ4n) is 2.74. The van der Waals surface area contributed by atoms with Crippen LogP contribution in [0.25, 0.3) is 0 Å². The van der Waals surface area contributed by atoms with Crippen molar-refractivity contribution in [3.63, 3.8) is 0 Å². The number of likely N-dealkylation sites (N-methyl/N-ethyl adjacent to an activating group) is 1. The van der Waals surface area contributed by atoms with Gasteiger partial charge in [-0.15, -0.1) is 0 Å². The fraction of sp³-hybridized carbons (Fsp3) is 0.533. The van der Waals surface area contributed by atoms with Gasteiger partial charge in [0.05, 0.1) is 5.56 Å². The van der Waals surface area contributed by atoms with E-state index in [9.17, 15) is 4.79 Å². The van der Waals surface area contributed by atoms with E-state index < -0.39 is 0 Å². The summed E-state index contributed by atoms with van der Waals surface area (Å²) in [6.07, 6.45) is 2.39. The Hall–Kier alpha value is -1.55. The van der Waals surface area contributed by atoms with E-state index in [4.69, 9.17) is 5.73 Å². The number of carbonyl (C=O) groups is 1.